The molecule has 0 atom stereocenters. The lowest BCUT2D eigenvalue weighted by molar-refractivity contribution is 0.100. The van der Waals surface area contributed by atoms with Gasteiger partial charge >= 0.3 is 0 Å². The molecule has 0 saturated carbocycles. The van der Waals surface area contributed by atoms with E-state index in [-0.39, 0.29) is 24.8 Å². The van der Waals surface area contributed by atoms with Crippen LogP contribution in [0.1, 0.15) is 84.2 Å². The second-order valence-electron chi connectivity index (χ2n) is 10.4. The minimum Gasteiger partial charge on any atom is -0.497 e. The monoisotopic (exact) mass is 625 g/mol. The molecule has 0 N–H and O–H groups in total. The molecule has 0 saturated heterocycles. The second-order valence-corrected chi connectivity index (χ2v) is 10.4. The van der Waals surface area contributed by atoms with Crippen LogP contribution in [0, 0.1) is 0 Å². The molecule has 0 aromatic heterocycles. The first-order chi connectivity index (χ1) is 21.3. The van der Waals surface area contributed by atoms with Crippen molar-refractivity contribution < 1.29 is 23.9 Å². The Balaban J connectivity index is 0.000000583. The molecule has 4 aromatic rings. The molecule has 4 rings (SSSR count). The van der Waals surface area contributed by atoms with Crippen molar-refractivity contribution in [3.05, 3.63) is 131 Å². The smallest absolute Gasteiger partial charge is 0.159 e. The van der Waals surface area contributed by atoms with Gasteiger partial charge in [0, 0.05) is 42.5 Å². The lowest BCUT2D eigenvalue weighted by atomic mass is 10.0. The predicted octanol–water partition coefficient (Wildman–Crippen LogP) is 9.67. The lowest BCUT2D eigenvalue weighted by Gasteiger charge is -2.12. The van der Waals surface area contributed by atoms with Crippen LogP contribution in [0.25, 0.3) is 5.57 Å². The summed E-state index contributed by atoms with van der Waals surface area (Å²) < 4.78 is 10.0. The van der Waals surface area contributed by atoms with Crippen molar-refractivity contribution in [1.29, 1.82) is 0 Å². The van der Waals surface area contributed by atoms with Crippen molar-refractivity contribution in [2.75, 3.05) is 33.2 Å². The molecule has 0 fully saturated rings. The van der Waals surface area contributed by atoms with Crippen molar-refractivity contribution in [1.82, 2.24) is 0 Å². The zero-order valence-corrected chi connectivity index (χ0v) is 28.1. The summed E-state index contributed by atoms with van der Waals surface area (Å²) in [7, 11) is 7.28. The van der Waals surface area contributed by atoms with Gasteiger partial charge in [0.1, 0.15) is 11.5 Å². The Hall–Kier alpha value is -4.97. The first-order valence-electron chi connectivity index (χ1n) is 14.7. The van der Waals surface area contributed by atoms with E-state index in [9.17, 15) is 14.4 Å². The van der Waals surface area contributed by atoms with E-state index in [1.54, 1.807) is 46.3 Å². The summed E-state index contributed by atoms with van der Waals surface area (Å²) in [6, 6.07) is 30.3. The van der Waals surface area contributed by atoms with Gasteiger partial charge in [0.2, 0.25) is 0 Å². The van der Waals surface area contributed by atoms with Crippen molar-refractivity contribution in [2.24, 2.45) is 0 Å². The van der Waals surface area contributed by atoms with E-state index in [1.165, 1.54) is 12.5 Å². The highest BCUT2D eigenvalue weighted by molar-refractivity contribution is 5.95. The van der Waals surface area contributed by atoms with Gasteiger partial charge in [-0.15, -0.1) is 0 Å². The number of benzene rings is 4. The maximum atomic E-state index is 11.0. The Bertz CT molecular complexity index is 1470. The molecule has 46 heavy (non-hydrogen) atoms. The SMILES string of the molecule is C.C=C(C)c1cccc(C(C)=O)c1.CCc1cccc(C(C)=O)c1.COc1cccc(C(C)=O)c1.COc1cccc(N(C)C)c1. The average molecular weight is 626 g/mol. The zero-order chi connectivity index (χ0) is 33.9. The van der Waals surface area contributed by atoms with Gasteiger partial charge in [-0.05, 0) is 81.6 Å². The second kappa shape index (κ2) is 21.7. The molecule has 0 unspecified atom stereocenters. The van der Waals surface area contributed by atoms with E-state index in [1.807, 2.05) is 105 Å². The van der Waals surface area contributed by atoms with E-state index in [0.717, 1.165) is 45.9 Å². The highest BCUT2D eigenvalue weighted by atomic mass is 16.5. The minimum absolute atomic E-state index is 0. The number of hydrogen-bond acceptors (Lipinski definition) is 6. The number of anilines is 1. The third-order valence-corrected chi connectivity index (χ3v) is 6.55. The van der Waals surface area contributed by atoms with Crippen LogP contribution in [-0.4, -0.2) is 45.7 Å². The summed E-state index contributed by atoms with van der Waals surface area (Å²) in [5, 5.41) is 0. The van der Waals surface area contributed by atoms with Gasteiger partial charge in [0.15, 0.2) is 17.3 Å². The van der Waals surface area contributed by atoms with Crippen molar-refractivity contribution in [2.45, 2.75) is 48.5 Å². The largest absolute Gasteiger partial charge is 0.497 e. The van der Waals surface area contributed by atoms with Gasteiger partial charge in [-0.3, -0.25) is 14.4 Å². The van der Waals surface area contributed by atoms with Crippen LogP contribution in [0.15, 0.2) is 104 Å². The molecule has 0 amide bonds. The van der Waals surface area contributed by atoms with Crippen molar-refractivity contribution >= 4 is 28.6 Å². The van der Waals surface area contributed by atoms with Crippen LogP contribution < -0.4 is 14.4 Å². The average Bonchev–Trinajstić information content (AvgIpc) is 3.05. The van der Waals surface area contributed by atoms with Gasteiger partial charge in [-0.2, -0.15) is 0 Å². The molecule has 0 bridgehead atoms. The lowest BCUT2D eigenvalue weighted by Crippen LogP contribution is -2.08. The number of aryl methyl sites for hydroxylation is 1. The summed E-state index contributed by atoms with van der Waals surface area (Å²) in [6.45, 7) is 12.5. The third kappa shape index (κ3) is 15.2. The fourth-order valence-corrected chi connectivity index (χ4v) is 3.74. The maximum absolute atomic E-state index is 11.0. The maximum Gasteiger partial charge on any atom is 0.159 e. The van der Waals surface area contributed by atoms with Gasteiger partial charge < -0.3 is 14.4 Å². The number of allylic oxidation sites excluding steroid dienone is 1. The molecule has 4 aromatic carbocycles. The molecular formula is C40H51NO5. The summed E-state index contributed by atoms with van der Waals surface area (Å²) >= 11 is 0. The Morgan fingerprint density at radius 2 is 1.02 bits per heavy atom. The molecule has 0 aliphatic carbocycles. The number of methoxy groups -OCH3 is 2. The molecule has 6 nitrogen and oxygen atoms in total. The highest BCUT2D eigenvalue weighted by Gasteiger charge is 2.01. The number of nitrogens with zero attached hydrogens (tertiary/aromatic N) is 1. The predicted molar refractivity (Wildman–Crippen MR) is 194 cm³/mol. The molecular weight excluding hydrogens is 574 g/mol. The van der Waals surface area contributed by atoms with Gasteiger partial charge in [-0.25, -0.2) is 0 Å². The van der Waals surface area contributed by atoms with E-state index in [0.29, 0.717) is 5.56 Å². The molecule has 0 spiro atoms. The number of carbonyl (C=O) groups is 3. The summed E-state index contributed by atoms with van der Waals surface area (Å²) in [5.74, 6) is 1.91. The number of rotatable bonds is 8. The van der Waals surface area contributed by atoms with Crippen molar-refractivity contribution in [3.8, 4) is 11.5 Å². The topological polar surface area (TPSA) is 72.9 Å². The molecule has 0 aliphatic rings. The fraction of sp³-hybridized carbons (Fsp3) is 0.275. The Morgan fingerprint density at radius 1 is 0.609 bits per heavy atom. The van der Waals surface area contributed by atoms with E-state index < -0.39 is 0 Å². The van der Waals surface area contributed by atoms with Gasteiger partial charge in [0.25, 0.3) is 0 Å². The zero-order valence-electron chi connectivity index (χ0n) is 28.1. The van der Waals surface area contributed by atoms with Crippen molar-refractivity contribution in [3.63, 3.8) is 0 Å². The highest BCUT2D eigenvalue weighted by Crippen LogP contribution is 2.18. The van der Waals surface area contributed by atoms with Crippen LogP contribution in [-0.2, 0) is 6.42 Å². The summed E-state index contributed by atoms with van der Waals surface area (Å²) in [5.41, 5.74) is 6.63. The first kappa shape index (κ1) is 41.0. The fourth-order valence-electron chi connectivity index (χ4n) is 3.74. The number of ketones is 3. The molecule has 6 heteroatoms. The van der Waals surface area contributed by atoms with E-state index in [4.69, 9.17) is 9.47 Å². The minimum atomic E-state index is 0. The Labute approximate surface area is 276 Å². The summed E-state index contributed by atoms with van der Waals surface area (Å²) in [6.07, 6.45) is 0.987. The molecule has 0 radical (unpaired) electrons. The molecule has 246 valence electrons. The quantitative estimate of drug-likeness (QED) is 0.182. The van der Waals surface area contributed by atoms with E-state index >= 15 is 0 Å². The Morgan fingerprint density at radius 3 is 1.48 bits per heavy atom. The number of carbonyl (C=O) groups excluding carboxylic acids is 3. The van der Waals surface area contributed by atoms with Gasteiger partial charge in [-0.1, -0.05) is 81.1 Å². The normalized spacial score (nSPS) is 9.24. The number of Topliss-reactive ketones (excluding diaryl/α,β-unsaturated/α-hetero) is 3. The van der Waals surface area contributed by atoms with Crippen LogP contribution >= 0.6 is 0 Å². The molecule has 0 heterocycles. The third-order valence-electron chi connectivity index (χ3n) is 6.55. The number of hydrogen-bond donors (Lipinski definition) is 0. The molecule has 0 aliphatic heterocycles. The van der Waals surface area contributed by atoms with Crippen LogP contribution in [0.3, 0.4) is 0 Å². The van der Waals surface area contributed by atoms with Crippen LogP contribution in [0.4, 0.5) is 5.69 Å². The first-order valence-corrected chi connectivity index (χ1v) is 14.7. The van der Waals surface area contributed by atoms with Crippen LogP contribution in [0.2, 0.25) is 0 Å². The Kier molecular flexibility index (Phi) is 19.3. The summed E-state index contributed by atoms with van der Waals surface area (Å²) in [4.78, 5) is 34.8. The van der Waals surface area contributed by atoms with Crippen LogP contribution in [0.5, 0.6) is 11.5 Å². The van der Waals surface area contributed by atoms with E-state index in [2.05, 4.69) is 13.5 Å². The standard InChI is InChI=1S/C11H12O.C10H12O.C9H13NO.C9H10O2.CH4/c1-8(2)10-5-4-6-11(7-10)9(3)12;1-3-9-5-4-6-10(7-9)8(2)11;1-10(2)8-5-4-6-9(7-8)11-3;1-7(10)8-4-3-5-9(6-8)11-2;/h4-7H,1H2,2-3H3;4-7H,3H2,1-2H3;4-7H,1-3H3;3-6H,1-2H3;1H4. The number of ether oxygens (including phenoxy) is 2. The van der Waals surface area contributed by atoms with Gasteiger partial charge in [0.05, 0.1) is 14.2 Å².